The van der Waals surface area contributed by atoms with E-state index in [0.29, 0.717) is 11.3 Å². The predicted molar refractivity (Wildman–Crippen MR) is 58.2 cm³/mol. The lowest BCUT2D eigenvalue weighted by molar-refractivity contribution is 0.0684. The average Bonchev–Trinajstić information content (AvgIpc) is 2.26. The molecule has 0 aromatic heterocycles. The van der Waals surface area contributed by atoms with Crippen molar-refractivity contribution in [1.29, 1.82) is 0 Å². The first-order valence-corrected chi connectivity index (χ1v) is 5.12. The number of carbonyl (C=O) groups excluding carboxylic acids is 1. The van der Waals surface area contributed by atoms with Gasteiger partial charge in [-0.15, -0.1) is 0 Å². The standard InChI is InChI=1S/C10H9IO2/c1-10(2)9(12)7-5-6(11)3-4-8(7)13-10/h3-5H,1-2H3. The minimum absolute atomic E-state index is 0.0704. The van der Waals surface area contributed by atoms with E-state index >= 15 is 0 Å². The van der Waals surface area contributed by atoms with Crippen molar-refractivity contribution in [3.63, 3.8) is 0 Å². The first-order chi connectivity index (χ1) is 6.00. The fraction of sp³-hybridized carbons (Fsp3) is 0.300. The zero-order valence-electron chi connectivity index (χ0n) is 7.43. The molecular weight excluding hydrogens is 279 g/mol. The summed E-state index contributed by atoms with van der Waals surface area (Å²) >= 11 is 2.19. The van der Waals surface area contributed by atoms with Crippen molar-refractivity contribution in [2.75, 3.05) is 0 Å². The molecule has 0 atom stereocenters. The molecule has 1 aliphatic rings. The molecule has 0 aliphatic carbocycles. The van der Waals surface area contributed by atoms with Gasteiger partial charge in [-0.25, -0.2) is 0 Å². The number of ketones is 1. The van der Waals surface area contributed by atoms with E-state index in [1.54, 1.807) is 13.8 Å². The van der Waals surface area contributed by atoms with Crippen LogP contribution in [0.15, 0.2) is 18.2 Å². The summed E-state index contributed by atoms with van der Waals surface area (Å²) in [6.07, 6.45) is 0. The summed E-state index contributed by atoms with van der Waals surface area (Å²) in [5.74, 6) is 0.774. The Morgan fingerprint density at radius 3 is 2.77 bits per heavy atom. The van der Waals surface area contributed by atoms with Gasteiger partial charge in [-0.2, -0.15) is 0 Å². The molecular formula is C10H9IO2. The minimum Gasteiger partial charge on any atom is -0.479 e. The minimum atomic E-state index is -0.688. The second kappa shape index (κ2) is 2.70. The highest BCUT2D eigenvalue weighted by Gasteiger charge is 2.39. The number of rotatable bonds is 0. The lowest BCUT2D eigenvalue weighted by Crippen LogP contribution is -2.31. The molecule has 0 radical (unpaired) electrons. The van der Waals surface area contributed by atoms with E-state index in [1.165, 1.54) is 0 Å². The van der Waals surface area contributed by atoms with Crippen LogP contribution in [0, 0.1) is 3.57 Å². The molecule has 0 spiro atoms. The Bertz CT molecular complexity index is 383. The van der Waals surface area contributed by atoms with E-state index in [2.05, 4.69) is 22.6 Å². The summed E-state index contributed by atoms with van der Waals surface area (Å²) in [5.41, 5.74) is 0.0177. The van der Waals surface area contributed by atoms with Crippen molar-refractivity contribution < 1.29 is 9.53 Å². The topological polar surface area (TPSA) is 26.3 Å². The summed E-state index contributed by atoms with van der Waals surface area (Å²) in [4.78, 5) is 11.7. The van der Waals surface area contributed by atoms with Crippen LogP contribution in [0.1, 0.15) is 24.2 Å². The van der Waals surface area contributed by atoms with Gasteiger partial charge >= 0.3 is 0 Å². The highest BCUT2D eigenvalue weighted by atomic mass is 127. The van der Waals surface area contributed by atoms with Gasteiger partial charge in [-0.1, -0.05) is 0 Å². The smallest absolute Gasteiger partial charge is 0.209 e. The van der Waals surface area contributed by atoms with E-state index in [1.807, 2.05) is 18.2 Å². The molecule has 1 aromatic carbocycles. The summed E-state index contributed by atoms with van der Waals surface area (Å²) in [7, 11) is 0. The number of Topliss-reactive ketones (excluding diaryl/α,β-unsaturated/α-hetero) is 1. The molecule has 1 aromatic rings. The van der Waals surface area contributed by atoms with Crippen LogP contribution in [-0.4, -0.2) is 11.4 Å². The molecule has 13 heavy (non-hydrogen) atoms. The summed E-state index contributed by atoms with van der Waals surface area (Å²) in [6, 6.07) is 5.66. The van der Waals surface area contributed by atoms with E-state index in [4.69, 9.17) is 4.74 Å². The second-order valence-corrected chi connectivity index (χ2v) is 4.83. The first kappa shape index (κ1) is 8.99. The lowest BCUT2D eigenvalue weighted by atomic mass is 10.0. The third-order valence-electron chi connectivity index (χ3n) is 2.10. The normalized spacial score (nSPS) is 18.2. The Labute approximate surface area is 90.4 Å². The van der Waals surface area contributed by atoms with E-state index in [9.17, 15) is 4.79 Å². The molecule has 3 heteroatoms. The molecule has 0 amide bonds. The second-order valence-electron chi connectivity index (χ2n) is 3.58. The Morgan fingerprint density at radius 1 is 1.38 bits per heavy atom. The molecule has 0 bridgehead atoms. The van der Waals surface area contributed by atoms with Crippen LogP contribution in [0.25, 0.3) is 0 Å². The fourth-order valence-electron chi connectivity index (χ4n) is 1.41. The van der Waals surface area contributed by atoms with E-state index < -0.39 is 5.60 Å². The third kappa shape index (κ3) is 1.35. The molecule has 1 heterocycles. The molecule has 0 saturated carbocycles. The zero-order chi connectivity index (χ0) is 9.64. The fourth-order valence-corrected chi connectivity index (χ4v) is 1.91. The predicted octanol–water partition coefficient (Wildman–Crippen LogP) is 2.64. The van der Waals surface area contributed by atoms with E-state index in [0.717, 1.165) is 3.57 Å². The number of halogens is 1. The van der Waals surface area contributed by atoms with Crippen molar-refractivity contribution >= 4 is 28.4 Å². The largest absolute Gasteiger partial charge is 0.479 e. The Kier molecular flexibility index (Phi) is 1.87. The summed E-state index contributed by atoms with van der Waals surface area (Å²) in [5, 5.41) is 0. The molecule has 2 nitrogen and oxygen atoms in total. The first-order valence-electron chi connectivity index (χ1n) is 4.04. The monoisotopic (exact) mass is 288 g/mol. The van der Waals surface area contributed by atoms with Crippen LogP contribution >= 0.6 is 22.6 Å². The SMILES string of the molecule is CC1(C)Oc2ccc(I)cc2C1=O. The van der Waals surface area contributed by atoms with Gasteiger partial charge in [-0.05, 0) is 54.6 Å². The molecule has 0 unspecified atom stereocenters. The highest BCUT2D eigenvalue weighted by Crippen LogP contribution is 2.35. The summed E-state index contributed by atoms with van der Waals surface area (Å²) in [6.45, 7) is 3.59. The summed E-state index contributed by atoms with van der Waals surface area (Å²) < 4.78 is 6.57. The number of hydrogen-bond acceptors (Lipinski definition) is 2. The van der Waals surface area contributed by atoms with Crippen molar-refractivity contribution in [2.45, 2.75) is 19.4 Å². The van der Waals surface area contributed by atoms with Crippen molar-refractivity contribution in [3.05, 3.63) is 27.3 Å². The number of carbonyl (C=O) groups is 1. The maximum absolute atomic E-state index is 11.7. The van der Waals surface area contributed by atoms with E-state index in [-0.39, 0.29) is 5.78 Å². The van der Waals surface area contributed by atoms with Gasteiger partial charge in [0.15, 0.2) is 5.60 Å². The Balaban J connectivity index is 2.57. The maximum atomic E-state index is 11.7. The number of fused-ring (bicyclic) bond motifs is 1. The van der Waals surface area contributed by atoms with Crippen LogP contribution < -0.4 is 4.74 Å². The van der Waals surface area contributed by atoms with Gasteiger partial charge in [0.1, 0.15) is 5.75 Å². The van der Waals surface area contributed by atoms with Crippen LogP contribution in [0.3, 0.4) is 0 Å². The Hall–Kier alpha value is -0.580. The quantitative estimate of drug-likeness (QED) is 0.686. The van der Waals surface area contributed by atoms with Crippen molar-refractivity contribution in [3.8, 4) is 5.75 Å². The van der Waals surface area contributed by atoms with Crippen molar-refractivity contribution in [1.82, 2.24) is 0 Å². The van der Waals surface area contributed by atoms with Gasteiger partial charge in [0.25, 0.3) is 0 Å². The van der Waals surface area contributed by atoms with Gasteiger partial charge in [0, 0.05) is 3.57 Å². The van der Waals surface area contributed by atoms with Crippen LogP contribution in [-0.2, 0) is 0 Å². The zero-order valence-corrected chi connectivity index (χ0v) is 9.58. The molecule has 0 fully saturated rings. The maximum Gasteiger partial charge on any atom is 0.209 e. The van der Waals surface area contributed by atoms with Gasteiger partial charge in [0.05, 0.1) is 5.56 Å². The van der Waals surface area contributed by atoms with Gasteiger partial charge in [-0.3, -0.25) is 4.79 Å². The van der Waals surface area contributed by atoms with Crippen LogP contribution in [0.2, 0.25) is 0 Å². The molecule has 0 N–H and O–H groups in total. The molecule has 0 saturated heterocycles. The average molecular weight is 288 g/mol. The Morgan fingerprint density at radius 2 is 2.08 bits per heavy atom. The van der Waals surface area contributed by atoms with Crippen LogP contribution in [0.4, 0.5) is 0 Å². The lowest BCUT2D eigenvalue weighted by Gasteiger charge is -2.14. The molecule has 68 valence electrons. The van der Waals surface area contributed by atoms with Gasteiger partial charge in [0.2, 0.25) is 5.78 Å². The molecule has 1 aliphatic heterocycles. The number of hydrogen-bond donors (Lipinski definition) is 0. The number of ether oxygens (including phenoxy) is 1. The third-order valence-corrected chi connectivity index (χ3v) is 2.77. The number of benzene rings is 1. The van der Waals surface area contributed by atoms with Crippen molar-refractivity contribution in [2.24, 2.45) is 0 Å². The van der Waals surface area contributed by atoms with Crippen LogP contribution in [0.5, 0.6) is 5.75 Å². The molecule has 2 rings (SSSR count). The van der Waals surface area contributed by atoms with Gasteiger partial charge < -0.3 is 4.74 Å². The highest BCUT2D eigenvalue weighted by molar-refractivity contribution is 14.1.